The molecule has 1 atom stereocenters. The van der Waals surface area contributed by atoms with Gasteiger partial charge in [0.25, 0.3) is 0 Å². The van der Waals surface area contributed by atoms with Gasteiger partial charge in [0.2, 0.25) is 0 Å². The van der Waals surface area contributed by atoms with E-state index < -0.39 is 18.0 Å². The van der Waals surface area contributed by atoms with E-state index in [0.717, 1.165) is 19.3 Å². The summed E-state index contributed by atoms with van der Waals surface area (Å²) in [6.07, 6.45) is 5.09. The van der Waals surface area contributed by atoms with Crippen molar-refractivity contribution in [2.24, 2.45) is 0 Å². The Morgan fingerprint density at radius 3 is 2.33 bits per heavy atom. The number of carboxylic acids is 1. The van der Waals surface area contributed by atoms with Gasteiger partial charge >= 0.3 is 11.9 Å². The van der Waals surface area contributed by atoms with Gasteiger partial charge in [0, 0.05) is 6.42 Å². The number of hydrogen-bond acceptors (Lipinski definition) is 4. The Bertz CT molecular complexity index is 240. The first kappa shape index (κ1) is 16.9. The van der Waals surface area contributed by atoms with Gasteiger partial charge in [0.15, 0.2) is 6.10 Å². The summed E-state index contributed by atoms with van der Waals surface area (Å²) in [6, 6.07) is 0. The maximum Gasteiger partial charge on any atom is 0.332 e. The quantitative estimate of drug-likeness (QED) is 0.439. The minimum absolute atomic E-state index is 0.0523. The third-order valence-electron chi connectivity index (χ3n) is 2.67. The van der Waals surface area contributed by atoms with E-state index in [1.54, 1.807) is 0 Å². The first-order valence-electron chi connectivity index (χ1n) is 6.64. The van der Waals surface area contributed by atoms with Gasteiger partial charge < -0.3 is 14.9 Å². The van der Waals surface area contributed by atoms with Gasteiger partial charge in [-0.1, -0.05) is 39.0 Å². The number of aliphatic hydroxyl groups excluding tert-OH is 1. The van der Waals surface area contributed by atoms with E-state index in [9.17, 15) is 9.59 Å². The van der Waals surface area contributed by atoms with E-state index in [1.165, 1.54) is 19.3 Å². The number of rotatable bonds is 11. The number of aliphatic hydroxyl groups is 1. The summed E-state index contributed by atoms with van der Waals surface area (Å²) in [5.41, 5.74) is 0. The average Bonchev–Trinajstić information content (AvgIpc) is 2.34. The molecule has 0 heterocycles. The molecular weight excluding hydrogens is 236 g/mol. The van der Waals surface area contributed by atoms with E-state index in [-0.39, 0.29) is 12.8 Å². The fourth-order valence-corrected chi connectivity index (χ4v) is 1.52. The van der Waals surface area contributed by atoms with Gasteiger partial charge in [0.05, 0.1) is 6.61 Å². The minimum Gasteiger partial charge on any atom is -0.479 e. The zero-order valence-corrected chi connectivity index (χ0v) is 11.1. The number of carbonyl (C=O) groups is 2. The van der Waals surface area contributed by atoms with Crippen LogP contribution >= 0.6 is 0 Å². The SMILES string of the molecule is CCCCCCCCOC(=O)CC[C@H](O)C(=O)O. The van der Waals surface area contributed by atoms with Crippen LogP contribution in [-0.2, 0) is 14.3 Å². The Morgan fingerprint density at radius 2 is 1.72 bits per heavy atom. The highest BCUT2D eigenvalue weighted by molar-refractivity contribution is 5.74. The summed E-state index contributed by atoms with van der Waals surface area (Å²) in [4.78, 5) is 21.5. The molecule has 0 radical (unpaired) electrons. The number of hydrogen-bond donors (Lipinski definition) is 2. The largest absolute Gasteiger partial charge is 0.479 e. The average molecular weight is 260 g/mol. The van der Waals surface area contributed by atoms with E-state index in [0.29, 0.717) is 6.61 Å². The summed E-state index contributed by atoms with van der Waals surface area (Å²) in [6.45, 7) is 2.54. The highest BCUT2D eigenvalue weighted by Gasteiger charge is 2.15. The van der Waals surface area contributed by atoms with Crippen LogP contribution in [0.4, 0.5) is 0 Å². The van der Waals surface area contributed by atoms with Crippen LogP contribution < -0.4 is 0 Å². The lowest BCUT2D eigenvalue weighted by Gasteiger charge is -2.06. The molecule has 0 rings (SSSR count). The third-order valence-corrected chi connectivity index (χ3v) is 2.67. The van der Waals surface area contributed by atoms with E-state index in [4.69, 9.17) is 14.9 Å². The highest BCUT2D eigenvalue weighted by Crippen LogP contribution is 2.05. The summed E-state index contributed by atoms with van der Waals surface area (Å²) < 4.78 is 4.94. The number of carbonyl (C=O) groups excluding carboxylic acids is 1. The van der Waals surface area contributed by atoms with Crippen LogP contribution in [0, 0.1) is 0 Å². The summed E-state index contributed by atoms with van der Waals surface area (Å²) in [5, 5.41) is 17.4. The third kappa shape index (κ3) is 10.1. The van der Waals surface area contributed by atoms with Crippen LogP contribution in [0.5, 0.6) is 0 Å². The first-order valence-corrected chi connectivity index (χ1v) is 6.64. The molecule has 0 fully saturated rings. The summed E-state index contributed by atoms with van der Waals surface area (Å²) >= 11 is 0. The monoisotopic (exact) mass is 260 g/mol. The molecule has 5 heteroatoms. The van der Waals surface area contributed by atoms with Crippen LogP contribution in [0.15, 0.2) is 0 Å². The second kappa shape index (κ2) is 11.0. The van der Waals surface area contributed by atoms with Gasteiger partial charge in [-0.3, -0.25) is 4.79 Å². The van der Waals surface area contributed by atoms with E-state index >= 15 is 0 Å². The minimum atomic E-state index is -1.48. The molecule has 0 saturated carbocycles. The number of unbranched alkanes of at least 4 members (excludes halogenated alkanes) is 5. The number of ether oxygens (including phenoxy) is 1. The molecule has 0 amide bonds. The fraction of sp³-hybridized carbons (Fsp3) is 0.846. The number of esters is 1. The van der Waals surface area contributed by atoms with Gasteiger partial charge in [-0.2, -0.15) is 0 Å². The lowest BCUT2D eigenvalue weighted by molar-refractivity contribution is -0.149. The molecule has 0 aliphatic heterocycles. The Kier molecular flexibility index (Phi) is 10.3. The highest BCUT2D eigenvalue weighted by atomic mass is 16.5. The van der Waals surface area contributed by atoms with Crippen LogP contribution in [0.25, 0.3) is 0 Å². The predicted molar refractivity (Wildman–Crippen MR) is 67.2 cm³/mol. The van der Waals surface area contributed by atoms with Gasteiger partial charge in [-0.15, -0.1) is 0 Å². The molecule has 0 unspecified atom stereocenters. The number of carboxylic acid groups (broad SMARTS) is 1. The van der Waals surface area contributed by atoms with Crippen molar-refractivity contribution in [3.63, 3.8) is 0 Å². The van der Waals surface area contributed by atoms with Gasteiger partial charge in [-0.25, -0.2) is 4.79 Å². The molecule has 18 heavy (non-hydrogen) atoms. The van der Waals surface area contributed by atoms with Gasteiger partial charge in [0.1, 0.15) is 0 Å². The van der Waals surface area contributed by atoms with Crippen LogP contribution in [0.3, 0.4) is 0 Å². The molecule has 0 saturated heterocycles. The number of aliphatic carboxylic acids is 1. The molecule has 2 N–H and O–H groups in total. The Balaban J connectivity index is 3.35. The van der Waals surface area contributed by atoms with E-state index in [1.807, 2.05) is 0 Å². The predicted octanol–water partition coefficient (Wildman–Crippen LogP) is 2.12. The maximum absolute atomic E-state index is 11.2. The van der Waals surface area contributed by atoms with Crippen molar-refractivity contribution in [3.8, 4) is 0 Å². The molecule has 5 nitrogen and oxygen atoms in total. The molecule has 106 valence electrons. The van der Waals surface area contributed by atoms with Crippen molar-refractivity contribution in [2.75, 3.05) is 6.61 Å². The van der Waals surface area contributed by atoms with Crippen molar-refractivity contribution >= 4 is 11.9 Å². The summed E-state index contributed by atoms with van der Waals surface area (Å²) in [5.74, 6) is -1.75. The zero-order valence-electron chi connectivity index (χ0n) is 11.1. The molecule has 0 bridgehead atoms. The molecule has 0 spiro atoms. The van der Waals surface area contributed by atoms with Gasteiger partial charge in [-0.05, 0) is 12.8 Å². The normalized spacial score (nSPS) is 12.1. The molecule has 0 aromatic rings. The van der Waals surface area contributed by atoms with Crippen molar-refractivity contribution in [1.82, 2.24) is 0 Å². The zero-order chi connectivity index (χ0) is 13.8. The second-order valence-electron chi connectivity index (χ2n) is 4.38. The van der Waals surface area contributed by atoms with Crippen molar-refractivity contribution in [2.45, 2.75) is 64.4 Å². The van der Waals surface area contributed by atoms with Crippen molar-refractivity contribution < 1.29 is 24.5 Å². The lowest BCUT2D eigenvalue weighted by atomic mass is 10.1. The molecular formula is C13H24O5. The smallest absolute Gasteiger partial charge is 0.332 e. The fourth-order valence-electron chi connectivity index (χ4n) is 1.52. The molecule has 0 aromatic carbocycles. The molecule has 0 aromatic heterocycles. The maximum atomic E-state index is 11.2. The van der Waals surface area contributed by atoms with Crippen LogP contribution in [0.1, 0.15) is 58.3 Å². The lowest BCUT2D eigenvalue weighted by Crippen LogP contribution is -2.21. The Morgan fingerprint density at radius 1 is 1.11 bits per heavy atom. The topological polar surface area (TPSA) is 83.8 Å². The molecule has 0 aliphatic carbocycles. The van der Waals surface area contributed by atoms with Crippen molar-refractivity contribution in [1.29, 1.82) is 0 Å². The Labute approximate surface area is 108 Å². The van der Waals surface area contributed by atoms with E-state index in [2.05, 4.69) is 6.92 Å². The van der Waals surface area contributed by atoms with Crippen LogP contribution in [0.2, 0.25) is 0 Å². The van der Waals surface area contributed by atoms with Crippen LogP contribution in [-0.4, -0.2) is 34.9 Å². The standard InChI is InChI=1S/C13H24O5/c1-2-3-4-5-6-7-10-18-12(15)9-8-11(14)13(16)17/h11,14H,2-10H2,1H3,(H,16,17)/t11-/m0/s1. The van der Waals surface area contributed by atoms with Crippen molar-refractivity contribution in [3.05, 3.63) is 0 Å². The Hall–Kier alpha value is -1.10. The molecule has 0 aliphatic rings. The first-order chi connectivity index (χ1) is 8.57. The second-order valence-corrected chi connectivity index (χ2v) is 4.38. The summed E-state index contributed by atoms with van der Waals surface area (Å²) in [7, 11) is 0.